The van der Waals surface area contributed by atoms with Gasteiger partial charge in [0.2, 0.25) is 5.88 Å². The van der Waals surface area contributed by atoms with Crippen LogP contribution in [0.3, 0.4) is 0 Å². The van der Waals surface area contributed by atoms with E-state index in [0.29, 0.717) is 31.9 Å². The van der Waals surface area contributed by atoms with Gasteiger partial charge >= 0.3 is 206 Å². The molecule has 0 saturated carbocycles. The number of hydrogen-bond donors (Lipinski definition) is 1. The number of halogens is 1. The number of esters is 1. The van der Waals surface area contributed by atoms with Crippen LogP contribution >= 0.6 is 20.8 Å². The number of fused-ring (bicyclic) bond motifs is 2. The number of rotatable bonds is 22. The van der Waals surface area contributed by atoms with Gasteiger partial charge in [-0.2, -0.15) is 0 Å². The van der Waals surface area contributed by atoms with E-state index in [4.69, 9.17) is 14.5 Å². The van der Waals surface area contributed by atoms with Crippen molar-refractivity contribution in [3.05, 3.63) is 210 Å². The number of unbranched alkanes of at least 4 members (excludes halogenated alkanes) is 3. The molecule has 1 aromatic heterocycles. The van der Waals surface area contributed by atoms with Gasteiger partial charge < -0.3 is 14.7 Å². The number of aromatic nitrogens is 1. The molecule has 0 aliphatic heterocycles. The van der Waals surface area contributed by atoms with Crippen LogP contribution in [0.4, 0.5) is 0 Å². The van der Waals surface area contributed by atoms with Crippen molar-refractivity contribution in [2.75, 3.05) is 40.5 Å². The summed E-state index contributed by atoms with van der Waals surface area (Å²) in [5.41, 5.74) is 3.39. The minimum absolute atomic E-state index is 0.129. The summed E-state index contributed by atoms with van der Waals surface area (Å²) in [5, 5.41) is 17.5. The molecular formula is C60H64BrN2O4P. The maximum absolute atomic E-state index is 13.4. The minimum atomic E-state index is -2.98. The Labute approximate surface area is 411 Å². The van der Waals surface area contributed by atoms with Crippen molar-refractivity contribution in [2.24, 2.45) is 0 Å². The third kappa shape index (κ3) is 10.5. The molecule has 350 valence electrons. The van der Waals surface area contributed by atoms with Crippen molar-refractivity contribution < 1.29 is 19.4 Å². The third-order valence-electron chi connectivity index (χ3n) is 13.6. The Bertz CT molecular complexity index is 2800. The average molecular weight is 988 g/mol. The fourth-order valence-electron chi connectivity index (χ4n) is 10.1. The average Bonchev–Trinajstić information content (AvgIpc) is 3.38. The van der Waals surface area contributed by atoms with E-state index in [0.717, 1.165) is 83.1 Å². The summed E-state index contributed by atoms with van der Waals surface area (Å²) in [5.74, 6) is -0.123. The summed E-state index contributed by atoms with van der Waals surface area (Å²) in [4.78, 5) is 20.2. The van der Waals surface area contributed by atoms with Crippen LogP contribution in [0.15, 0.2) is 188 Å². The maximum atomic E-state index is 13.4. The normalized spacial score (nSPS) is 13.7. The molecule has 0 saturated heterocycles. The van der Waals surface area contributed by atoms with Crippen molar-refractivity contribution in [2.45, 2.75) is 62.9 Å². The molecule has 8 heteroatoms. The van der Waals surface area contributed by atoms with E-state index in [1.807, 2.05) is 50.5 Å². The molecule has 0 spiro atoms. The van der Waals surface area contributed by atoms with Crippen LogP contribution in [0.25, 0.3) is 21.7 Å². The van der Waals surface area contributed by atoms with Gasteiger partial charge in [0.25, 0.3) is 0 Å². The quantitative estimate of drug-likeness (QED) is 0.0414. The molecule has 2 atom stereocenters. The molecule has 0 amide bonds. The van der Waals surface area contributed by atoms with Crippen LogP contribution in [0.1, 0.15) is 73.1 Å². The summed E-state index contributed by atoms with van der Waals surface area (Å²) in [6.45, 7) is 1.08. The standard InChI is InChI=1S/C60H64BrN2O4P/c1-63(2)41-40-60(65,55-36-23-28-47-25-18-19-35-53(47)55)58(48-26-9-4-10-27-48)54-45-49-44-46(38-39-56(49)62-59(54)66-3)24-20-21-42-67-57(64)37-17-8-22-43-68(61,50-29-11-5-12-30-50,51-31-13-6-14-32-51)52-33-15-7-16-34-52/h4-7,9-16,18-19,23,25-36,38-39,44-45,58,65H,8,17,20-22,24,37,40-43H2,1-3H3/t58-,60-/m1/s1. The zero-order chi connectivity index (χ0) is 47.4. The molecule has 1 N–H and O–H groups in total. The largest absolute Gasteiger partial charge is 0.384 e. The van der Waals surface area contributed by atoms with Crippen molar-refractivity contribution in [3.63, 3.8) is 0 Å². The van der Waals surface area contributed by atoms with Gasteiger partial charge in [-0.25, -0.2) is 4.98 Å². The number of benzene rings is 7. The monoisotopic (exact) mass is 986 g/mol. The first kappa shape index (κ1) is 48.8. The molecule has 0 aliphatic rings. The molecule has 1 heterocycles. The summed E-state index contributed by atoms with van der Waals surface area (Å²) >= 11 is 4.55. The van der Waals surface area contributed by atoms with Gasteiger partial charge in [0, 0.05) is 23.4 Å². The van der Waals surface area contributed by atoms with E-state index in [1.54, 1.807) is 7.11 Å². The third-order valence-corrected chi connectivity index (χ3v) is 23.7. The molecule has 0 radical (unpaired) electrons. The smallest absolute Gasteiger partial charge is 0.102 e. The first-order valence-corrected chi connectivity index (χ1v) is 28.5. The molecule has 8 aromatic rings. The number of methoxy groups -OCH3 is 1. The predicted octanol–water partition coefficient (Wildman–Crippen LogP) is 12.6. The van der Waals surface area contributed by atoms with Crippen molar-refractivity contribution >= 4 is 64.4 Å². The van der Waals surface area contributed by atoms with Gasteiger partial charge in [-0.15, -0.1) is 0 Å². The van der Waals surface area contributed by atoms with Crippen LogP contribution in [-0.2, 0) is 21.6 Å². The number of aliphatic hydroxyl groups is 1. The molecule has 6 nitrogen and oxygen atoms in total. The fourth-order valence-corrected chi connectivity index (χ4v) is 17.9. The van der Waals surface area contributed by atoms with E-state index < -0.39 is 16.8 Å². The van der Waals surface area contributed by atoms with Gasteiger partial charge in [-0.1, -0.05) is 78.9 Å². The first-order valence-electron chi connectivity index (χ1n) is 24.1. The van der Waals surface area contributed by atoms with Crippen LogP contribution in [-0.4, -0.2) is 61.5 Å². The Morgan fingerprint density at radius 2 is 1.28 bits per heavy atom. The number of pyridine rings is 1. The van der Waals surface area contributed by atoms with Crippen LogP contribution < -0.4 is 20.7 Å². The number of aryl methyl sites for hydroxylation is 1. The molecule has 0 aliphatic carbocycles. The van der Waals surface area contributed by atoms with Gasteiger partial charge in [0.05, 0.1) is 12.6 Å². The second-order valence-corrected chi connectivity index (χ2v) is 27.4. The SMILES string of the molecule is COc1nc2ccc(CCCCOC(=O)CCCCCP(Br)(c3ccccc3)(c3ccccc3)c3ccccc3)cc2cc1[C@@H](c1ccccc1)[C@@](O)(CCN(C)C)c1cccc2ccccc12. The second-order valence-electron chi connectivity index (χ2n) is 18.4. The summed E-state index contributed by atoms with van der Waals surface area (Å²) in [7, 11) is 5.75. The van der Waals surface area contributed by atoms with E-state index in [2.05, 4.69) is 172 Å². The second kappa shape index (κ2) is 22.2. The minimum Gasteiger partial charge on any atom is -0.384 e. The maximum Gasteiger partial charge on any atom is 0.102 e. The molecule has 0 unspecified atom stereocenters. The predicted molar refractivity (Wildman–Crippen MR) is 289 cm³/mol. The topological polar surface area (TPSA) is 71.9 Å². The van der Waals surface area contributed by atoms with Crippen LogP contribution in [0.5, 0.6) is 5.88 Å². The number of nitrogens with zero attached hydrogens (tertiary/aromatic N) is 2. The number of ether oxygens (including phenoxy) is 2. The Kier molecular flexibility index (Phi) is 15.9. The number of hydrogen-bond acceptors (Lipinski definition) is 6. The van der Waals surface area contributed by atoms with Gasteiger partial charge in [0.1, 0.15) is 5.60 Å². The zero-order valence-corrected chi connectivity index (χ0v) is 42.1. The van der Waals surface area contributed by atoms with Crippen molar-refractivity contribution in [1.82, 2.24) is 9.88 Å². The van der Waals surface area contributed by atoms with E-state index in [9.17, 15) is 9.90 Å². The van der Waals surface area contributed by atoms with E-state index >= 15 is 0 Å². The molecule has 8 rings (SSSR count). The molecule has 0 bridgehead atoms. The summed E-state index contributed by atoms with van der Waals surface area (Å²) in [6, 6.07) is 66.0. The zero-order valence-electron chi connectivity index (χ0n) is 39.6. The molecule has 7 aromatic carbocycles. The van der Waals surface area contributed by atoms with Gasteiger partial charge in [-0.05, 0) is 60.6 Å². The summed E-state index contributed by atoms with van der Waals surface area (Å²) in [6.07, 6.45) is 7.03. The fraction of sp³-hybridized carbons (Fsp3) is 0.267. The summed E-state index contributed by atoms with van der Waals surface area (Å²) < 4.78 is 11.8. The van der Waals surface area contributed by atoms with Crippen molar-refractivity contribution in [1.29, 1.82) is 0 Å². The Hall–Kier alpha value is -5.69. The first-order chi connectivity index (χ1) is 33.1. The van der Waals surface area contributed by atoms with Gasteiger partial charge in [-0.3, -0.25) is 0 Å². The van der Waals surface area contributed by atoms with Gasteiger partial charge in [0.15, 0.2) is 0 Å². The van der Waals surface area contributed by atoms with E-state index in [1.165, 1.54) is 21.5 Å². The Morgan fingerprint density at radius 3 is 1.91 bits per heavy atom. The molecule has 68 heavy (non-hydrogen) atoms. The Balaban J connectivity index is 0.921. The van der Waals surface area contributed by atoms with Crippen LogP contribution in [0, 0.1) is 0 Å². The van der Waals surface area contributed by atoms with Crippen molar-refractivity contribution in [3.8, 4) is 5.88 Å². The van der Waals surface area contributed by atoms with E-state index in [-0.39, 0.29) is 5.97 Å². The molecular weight excluding hydrogens is 924 g/mol. The number of carbonyl (C=O) groups is 1. The van der Waals surface area contributed by atoms with Crippen LogP contribution in [0.2, 0.25) is 0 Å². The number of carbonyl (C=O) groups excluding carboxylic acids is 1. The molecule has 0 fully saturated rings. The Morgan fingerprint density at radius 1 is 0.676 bits per heavy atom.